The van der Waals surface area contributed by atoms with Gasteiger partial charge >= 0.3 is 5.97 Å². The molecule has 0 aromatic heterocycles. The van der Waals surface area contributed by atoms with Gasteiger partial charge < -0.3 is 14.9 Å². The molecule has 0 aromatic carbocycles. The van der Waals surface area contributed by atoms with E-state index in [0.717, 1.165) is 24.8 Å². The zero-order valence-electron chi connectivity index (χ0n) is 9.48. The molecule has 0 bridgehead atoms. The Kier molecular flexibility index (Phi) is 3.30. The molecule has 90 valence electrons. The van der Waals surface area contributed by atoms with E-state index in [1.54, 1.807) is 0 Å². The maximum Gasteiger partial charge on any atom is 0.337 e. The quantitative estimate of drug-likeness (QED) is 0.702. The van der Waals surface area contributed by atoms with Gasteiger partial charge in [0.25, 0.3) is 0 Å². The molecule has 0 amide bonds. The number of carbonyl (C=O) groups is 1. The second-order valence-electron chi connectivity index (χ2n) is 4.53. The van der Waals surface area contributed by atoms with Gasteiger partial charge in [-0.2, -0.15) is 0 Å². The molecule has 0 spiro atoms. The standard InChI is InChI=1S/C12H18O4/c1-2-3-4-9-7-5-6-8(13)11(14)10(7)12(15)16-9/h8-9,11,13-14H,2-6H2,1H3/t8-,9+,11+/m1/s1. The highest BCUT2D eigenvalue weighted by molar-refractivity contribution is 5.93. The molecular formula is C12H18O4. The summed E-state index contributed by atoms with van der Waals surface area (Å²) in [7, 11) is 0. The first-order valence-corrected chi connectivity index (χ1v) is 5.95. The third-order valence-corrected chi connectivity index (χ3v) is 3.39. The van der Waals surface area contributed by atoms with E-state index >= 15 is 0 Å². The molecule has 2 rings (SSSR count). The van der Waals surface area contributed by atoms with E-state index in [1.165, 1.54) is 0 Å². The summed E-state index contributed by atoms with van der Waals surface area (Å²) in [5.74, 6) is -0.442. The molecule has 0 radical (unpaired) electrons. The Labute approximate surface area is 94.9 Å². The van der Waals surface area contributed by atoms with Gasteiger partial charge in [-0.3, -0.25) is 0 Å². The SMILES string of the molecule is CCCC[C@@H]1OC(=O)C2=C1CC[C@@H](O)[C@@H]2O. The predicted octanol–water partition coefficient (Wildman–Crippen LogP) is 0.914. The average Bonchev–Trinajstić information content (AvgIpc) is 2.58. The van der Waals surface area contributed by atoms with E-state index in [9.17, 15) is 15.0 Å². The lowest BCUT2D eigenvalue weighted by molar-refractivity contribution is -0.141. The summed E-state index contributed by atoms with van der Waals surface area (Å²) in [5, 5.41) is 19.3. The van der Waals surface area contributed by atoms with Gasteiger partial charge in [0.15, 0.2) is 0 Å². The highest BCUT2D eigenvalue weighted by Crippen LogP contribution is 2.36. The van der Waals surface area contributed by atoms with Crippen LogP contribution in [-0.4, -0.2) is 34.5 Å². The van der Waals surface area contributed by atoms with E-state index in [-0.39, 0.29) is 6.10 Å². The minimum absolute atomic E-state index is 0.162. The van der Waals surface area contributed by atoms with Crippen LogP contribution in [0.1, 0.15) is 39.0 Å². The molecule has 1 aliphatic carbocycles. The molecule has 1 heterocycles. The number of cyclic esters (lactones) is 1. The van der Waals surface area contributed by atoms with Gasteiger partial charge in [0.05, 0.1) is 11.7 Å². The zero-order chi connectivity index (χ0) is 11.7. The number of hydrogen-bond donors (Lipinski definition) is 2. The Morgan fingerprint density at radius 3 is 2.88 bits per heavy atom. The molecule has 0 saturated heterocycles. The van der Waals surface area contributed by atoms with Crippen LogP contribution in [0.4, 0.5) is 0 Å². The van der Waals surface area contributed by atoms with Crippen LogP contribution in [0.25, 0.3) is 0 Å². The van der Waals surface area contributed by atoms with Crippen molar-refractivity contribution in [2.75, 3.05) is 0 Å². The first-order chi connectivity index (χ1) is 7.65. The van der Waals surface area contributed by atoms with Crippen LogP contribution in [0.2, 0.25) is 0 Å². The highest BCUT2D eigenvalue weighted by atomic mass is 16.5. The number of unbranched alkanes of at least 4 members (excludes halogenated alkanes) is 1. The molecule has 2 aliphatic rings. The third kappa shape index (κ3) is 1.87. The van der Waals surface area contributed by atoms with Crippen LogP contribution >= 0.6 is 0 Å². The second kappa shape index (κ2) is 4.55. The van der Waals surface area contributed by atoms with Crippen molar-refractivity contribution in [3.05, 3.63) is 11.1 Å². The van der Waals surface area contributed by atoms with Gasteiger partial charge in [-0.15, -0.1) is 0 Å². The molecule has 1 aliphatic heterocycles. The van der Waals surface area contributed by atoms with Crippen molar-refractivity contribution in [3.8, 4) is 0 Å². The van der Waals surface area contributed by atoms with E-state index in [1.807, 2.05) is 0 Å². The Hall–Kier alpha value is -0.870. The molecule has 0 unspecified atom stereocenters. The van der Waals surface area contributed by atoms with Gasteiger partial charge in [0.2, 0.25) is 0 Å². The van der Waals surface area contributed by atoms with E-state index < -0.39 is 18.2 Å². The highest BCUT2D eigenvalue weighted by Gasteiger charge is 2.42. The van der Waals surface area contributed by atoms with Crippen LogP contribution in [0.3, 0.4) is 0 Å². The number of carbonyl (C=O) groups excluding carboxylic acids is 1. The van der Waals surface area contributed by atoms with Crippen molar-refractivity contribution >= 4 is 5.97 Å². The second-order valence-corrected chi connectivity index (χ2v) is 4.53. The average molecular weight is 226 g/mol. The summed E-state index contributed by atoms with van der Waals surface area (Å²) in [6, 6.07) is 0. The largest absolute Gasteiger partial charge is 0.454 e. The number of aliphatic hydroxyl groups is 2. The summed E-state index contributed by atoms with van der Waals surface area (Å²) in [4.78, 5) is 11.6. The van der Waals surface area contributed by atoms with Gasteiger partial charge in [0, 0.05) is 0 Å². The van der Waals surface area contributed by atoms with E-state index in [4.69, 9.17) is 4.74 Å². The molecule has 4 nitrogen and oxygen atoms in total. The minimum atomic E-state index is -1.05. The Morgan fingerprint density at radius 1 is 1.44 bits per heavy atom. The lowest BCUT2D eigenvalue weighted by atomic mass is 9.85. The number of aliphatic hydroxyl groups excluding tert-OH is 2. The Balaban J connectivity index is 2.17. The fourth-order valence-corrected chi connectivity index (χ4v) is 2.45. The normalized spacial score (nSPS) is 33.9. The van der Waals surface area contributed by atoms with Gasteiger partial charge in [-0.1, -0.05) is 13.3 Å². The first-order valence-electron chi connectivity index (χ1n) is 5.95. The maximum absolute atomic E-state index is 11.6. The molecule has 0 aromatic rings. The number of ether oxygens (including phenoxy) is 1. The molecule has 3 atom stereocenters. The Bertz CT molecular complexity index is 321. The summed E-state index contributed by atoms with van der Waals surface area (Å²) in [6.45, 7) is 2.09. The summed E-state index contributed by atoms with van der Waals surface area (Å²) >= 11 is 0. The lowest BCUT2D eigenvalue weighted by Crippen LogP contribution is -2.33. The lowest BCUT2D eigenvalue weighted by Gasteiger charge is -2.24. The number of rotatable bonds is 3. The maximum atomic E-state index is 11.6. The van der Waals surface area contributed by atoms with Crippen molar-refractivity contribution in [3.63, 3.8) is 0 Å². The van der Waals surface area contributed by atoms with Crippen molar-refractivity contribution < 1.29 is 19.7 Å². The summed E-state index contributed by atoms with van der Waals surface area (Å²) in [5.41, 5.74) is 1.23. The molecule has 0 saturated carbocycles. The monoisotopic (exact) mass is 226 g/mol. The van der Waals surface area contributed by atoms with Crippen molar-refractivity contribution in [1.29, 1.82) is 0 Å². The number of esters is 1. The van der Waals surface area contributed by atoms with E-state index in [2.05, 4.69) is 6.92 Å². The van der Waals surface area contributed by atoms with Gasteiger partial charge in [0.1, 0.15) is 12.2 Å². The zero-order valence-corrected chi connectivity index (χ0v) is 9.48. The minimum Gasteiger partial charge on any atom is -0.454 e. The van der Waals surface area contributed by atoms with Crippen molar-refractivity contribution in [2.24, 2.45) is 0 Å². The third-order valence-electron chi connectivity index (χ3n) is 3.39. The van der Waals surface area contributed by atoms with Crippen LogP contribution in [0.5, 0.6) is 0 Å². The topological polar surface area (TPSA) is 66.8 Å². The molecule has 2 N–H and O–H groups in total. The molecule has 16 heavy (non-hydrogen) atoms. The smallest absolute Gasteiger partial charge is 0.337 e. The van der Waals surface area contributed by atoms with Crippen LogP contribution in [-0.2, 0) is 9.53 Å². The van der Waals surface area contributed by atoms with Crippen LogP contribution < -0.4 is 0 Å². The van der Waals surface area contributed by atoms with Crippen molar-refractivity contribution in [1.82, 2.24) is 0 Å². The fraction of sp³-hybridized carbons (Fsp3) is 0.750. The summed E-state index contributed by atoms with van der Waals surface area (Å²) < 4.78 is 5.25. The predicted molar refractivity (Wildman–Crippen MR) is 57.7 cm³/mol. The molecule has 0 fully saturated rings. The number of hydrogen-bond acceptors (Lipinski definition) is 4. The van der Waals surface area contributed by atoms with E-state index in [0.29, 0.717) is 18.4 Å². The molecular weight excluding hydrogens is 208 g/mol. The first kappa shape index (κ1) is 11.6. The molecule has 4 heteroatoms. The van der Waals surface area contributed by atoms with Crippen molar-refractivity contribution in [2.45, 2.75) is 57.3 Å². The summed E-state index contributed by atoms with van der Waals surface area (Å²) in [6.07, 6.45) is 2.02. The fourth-order valence-electron chi connectivity index (χ4n) is 2.45. The Morgan fingerprint density at radius 2 is 2.19 bits per heavy atom. The van der Waals surface area contributed by atoms with Gasteiger partial charge in [-0.05, 0) is 31.3 Å². The van der Waals surface area contributed by atoms with Crippen LogP contribution in [0.15, 0.2) is 11.1 Å². The van der Waals surface area contributed by atoms with Crippen LogP contribution in [0, 0.1) is 0 Å². The van der Waals surface area contributed by atoms with Gasteiger partial charge in [-0.25, -0.2) is 4.79 Å².